The average Bonchev–Trinajstić information content (AvgIpc) is 2.47. The molecule has 118 valence electrons. The van der Waals surface area contributed by atoms with E-state index in [4.69, 9.17) is 0 Å². The predicted molar refractivity (Wildman–Crippen MR) is 81.1 cm³/mol. The minimum absolute atomic E-state index is 0.0887. The van der Waals surface area contributed by atoms with Crippen molar-refractivity contribution in [1.29, 1.82) is 0 Å². The van der Waals surface area contributed by atoms with Crippen molar-refractivity contribution in [3.63, 3.8) is 0 Å². The van der Waals surface area contributed by atoms with E-state index in [0.717, 1.165) is 12.1 Å². The molecule has 0 saturated heterocycles. The van der Waals surface area contributed by atoms with Crippen molar-refractivity contribution < 1.29 is 14.6 Å². The van der Waals surface area contributed by atoms with Crippen molar-refractivity contribution in [3.05, 3.63) is 67.9 Å². The fourth-order valence-electron chi connectivity index (χ4n) is 1.96. The maximum atomic E-state index is 12.0. The summed E-state index contributed by atoms with van der Waals surface area (Å²) in [5.41, 5.74) is -0.0670. The number of rotatable bonds is 5. The van der Waals surface area contributed by atoms with Crippen LogP contribution in [0.2, 0.25) is 0 Å². The van der Waals surface area contributed by atoms with E-state index < -0.39 is 27.1 Å². The number of carbonyl (C=O) groups is 1. The molecule has 0 radical (unpaired) electrons. The van der Waals surface area contributed by atoms with Gasteiger partial charge in [0.25, 0.3) is 11.4 Å². The van der Waals surface area contributed by atoms with Crippen LogP contribution < -0.4 is 5.32 Å². The summed E-state index contributed by atoms with van der Waals surface area (Å²) in [6.45, 7) is 1.76. The Balaban J connectivity index is 2.20. The molecule has 0 atom stereocenters. The van der Waals surface area contributed by atoms with Crippen LogP contribution in [0.3, 0.4) is 0 Å². The van der Waals surface area contributed by atoms with Gasteiger partial charge in [0.2, 0.25) is 5.91 Å². The second-order valence-corrected chi connectivity index (χ2v) is 4.72. The van der Waals surface area contributed by atoms with Gasteiger partial charge >= 0.3 is 0 Å². The van der Waals surface area contributed by atoms with Crippen molar-refractivity contribution in [2.45, 2.75) is 13.3 Å². The summed E-state index contributed by atoms with van der Waals surface area (Å²) in [6.07, 6.45) is -0.288. The van der Waals surface area contributed by atoms with E-state index in [9.17, 15) is 25.0 Å². The fourth-order valence-corrected chi connectivity index (χ4v) is 1.96. The zero-order chi connectivity index (χ0) is 17.0. The Bertz CT molecular complexity index is 790. The number of hydrogen-bond acceptors (Lipinski definition) is 6. The first-order valence-corrected chi connectivity index (χ1v) is 6.52. The van der Waals surface area contributed by atoms with Crippen molar-refractivity contribution in [1.82, 2.24) is 4.98 Å². The Labute approximate surface area is 130 Å². The maximum absolute atomic E-state index is 12.0. The number of nitrogens with one attached hydrogen (secondary N) is 1. The third kappa shape index (κ3) is 4.06. The Morgan fingerprint density at radius 2 is 1.91 bits per heavy atom. The van der Waals surface area contributed by atoms with Crippen molar-refractivity contribution in [2.24, 2.45) is 0 Å². The Morgan fingerprint density at radius 3 is 2.52 bits per heavy atom. The molecule has 0 unspecified atom stereocenters. The molecule has 2 aromatic rings. The van der Waals surface area contributed by atoms with Gasteiger partial charge in [0.05, 0.1) is 22.3 Å². The van der Waals surface area contributed by atoms with Crippen LogP contribution in [0, 0.1) is 27.2 Å². The van der Waals surface area contributed by atoms with Gasteiger partial charge < -0.3 is 5.32 Å². The number of aromatic nitrogens is 1. The number of nitrogens with zero attached hydrogens (tertiary/aromatic N) is 3. The van der Waals surface area contributed by atoms with Crippen LogP contribution in [-0.2, 0) is 11.2 Å². The standard InChI is InChI=1S/C14H12N4O5/c1-9-3-2-4-13(15-9)16-14(19)7-10-5-6-11(17(20)21)8-12(10)18(22)23/h2-6,8H,7H2,1H3,(H,15,16,19). The summed E-state index contributed by atoms with van der Waals surface area (Å²) in [5, 5.41) is 24.2. The summed E-state index contributed by atoms with van der Waals surface area (Å²) in [6, 6.07) is 8.24. The van der Waals surface area contributed by atoms with E-state index in [1.54, 1.807) is 25.1 Å². The van der Waals surface area contributed by atoms with Gasteiger partial charge in [0.1, 0.15) is 5.82 Å². The normalized spacial score (nSPS) is 10.1. The molecule has 1 heterocycles. The predicted octanol–water partition coefficient (Wildman–Crippen LogP) is 2.39. The largest absolute Gasteiger partial charge is 0.310 e. The minimum Gasteiger partial charge on any atom is -0.310 e. The quantitative estimate of drug-likeness (QED) is 0.666. The molecule has 0 aliphatic rings. The summed E-state index contributed by atoms with van der Waals surface area (Å²) >= 11 is 0. The average molecular weight is 316 g/mol. The van der Waals surface area contributed by atoms with Gasteiger partial charge in [-0.1, -0.05) is 6.07 Å². The second-order valence-electron chi connectivity index (χ2n) is 4.72. The number of nitro groups is 2. The molecule has 0 aliphatic heterocycles. The van der Waals surface area contributed by atoms with Crippen molar-refractivity contribution in [2.75, 3.05) is 5.32 Å². The highest BCUT2D eigenvalue weighted by molar-refractivity contribution is 5.92. The lowest BCUT2D eigenvalue weighted by molar-refractivity contribution is -0.394. The highest BCUT2D eigenvalue weighted by Crippen LogP contribution is 2.25. The molecule has 0 bridgehead atoms. The van der Waals surface area contributed by atoms with Gasteiger partial charge in [0, 0.05) is 17.3 Å². The summed E-state index contributed by atoms with van der Waals surface area (Å²) in [4.78, 5) is 36.3. The van der Waals surface area contributed by atoms with Crippen LogP contribution in [0.25, 0.3) is 0 Å². The van der Waals surface area contributed by atoms with Gasteiger partial charge in [-0.25, -0.2) is 4.98 Å². The highest BCUT2D eigenvalue weighted by atomic mass is 16.6. The Hall–Kier alpha value is -3.36. The Morgan fingerprint density at radius 1 is 1.17 bits per heavy atom. The molecule has 23 heavy (non-hydrogen) atoms. The molecule has 0 fully saturated rings. The number of amides is 1. The number of aryl methyl sites for hydroxylation is 1. The third-order valence-corrected chi connectivity index (χ3v) is 2.98. The number of benzene rings is 1. The van der Waals surface area contributed by atoms with Crippen molar-refractivity contribution >= 4 is 23.1 Å². The highest BCUT2D eigenvalue weighted by Gasteiger charge is 2.21. The van der Waals surface area contributed by atoms with Gasteiger partial charge in [-0.05, 0) is 25.1 Å². The summed E-state index contributed by atoms with van der Waals surface area (Å²) in [5.74, 6) is -0.167. The first-order valence-electron chi connectivity index (χ1n) is 6.52. The summed E-state index contributed by atoms with van der Waals surface area (Å²) < 4.78 is 0. The van der Waals surface area contributed by atoms with Crippen LogP contribution in [-0.4, -0.2) is 20.7 Å². The molecule has 1 aromatic carbocycles. The molecule has 2 rings (SSSR count). The number of anilines is 1. The van der Waals surface area contributed by atoms with Crippen LogP contribution in [0.15, 0.2) is 36.4 Å². The van der Waals surface area contributed by atoms with Gasteiger partial charge in [-0.15, -0.1) is 0 Å². The second kappa shape index (κ2) is 6.60. The van der Waals surface area contributed by atoms with Crippen LogP contribution >= 0.6 is 0 Å². The number of pyridine rings is 1. The molecule has 1 aromatic heterocycles. The molecule has 0 saturated carbocycles. The lowest BCUT2D eigenvalue weighted by atomic mass is 10.1. The molecular formula is C14H12N4O5. The van der Waals surface area contributed by atoms with Gasteiger partial charge in [0.15, 0.2) is 0 Å². The van der Waals surface area contributed by atoms with Gasteiger partial charge in [-0.2, -0.15) is 0 Å². The molecule has 1 amide bonds. The lowest BCUT2D eigenvalue weighted by Crippen LogP contribution is -2.16. The third-order valence-electron chi connectivity index (χ3n) is 2.98. The van der Waals surface area contributed by atoms with E-state index in [1.807, 2.05) is 0 Å². The van der Waals surface area contributed by atoms with E-state index in [0.29, 0.717) is 11.5 Å². The first kappa shape index (κ1) is 16.0. The topological polar surface area (TPSA) is 128 Å². The SMILES string of the molecule is Cc1cccc(NC(=O)Cc2ccc([N+](=O)[O-])cc2[N+](=O)[O-])n1. The van der Waals surface area contributed by atoms with E-state index in [1.165, 1.54) is 6.07 Å². The fraction of sp³-hybridized carbons (Fsp3) is 0.143. The zero-order valence-electron chi connectivity index (χ0n) is 12.1. The summed E-state index contributed by atoms with van der Waals surface area (Å²) in [7, 11) is 0. The smallest absolute Gasteiger partial charge is 0.279 e. The van der Waals surface area contributed by atoms with Crippen LogP contribution in [0.1, 0.15) is 11.3 Å². The lowest BCUT2D eigenvalue weighted by Gasteiger charge is -2.06. The molecular weight excluding hydrogens is 304 g/mol. The number of carbonyl (C=O) groups excluding carboxylic acids is 1. The molecule has 0 spiro atoms. The molecule has 9 nitrogen and oxygen atoms in total. The zero-order valence-corrected chi connectivity index (χ0v) is 12.1. The number of non-ortho nitro benzene ring substituents is 1. The molecule has 1 N–H and O–H groups in total. The van der Waals surface area contributed by atoms with E-state index in [2.05, 4.69) is 10.3 Å². The van der Waals surface area contributed by atoms with E-state index >= 15 is 0 Å². The monoisotopic (exact) mass is 316 g/mol. The number of hydrogen-bond donors (Lipinski definition) is 1. The molecule has 9 heteroatoms. The van der Waals surface area contributed by atoms with Crippen LogP contribution in [0.5, 0.6) is 0 Å². The van der Waals surface area contributed by atoms with Crippen molar-refractivity contribution in [3.8, 4) is 0 Å². The minimum atomic E-state index is -0.749. The van der Waals surface area contributed by atoms with Crippen LogP contribution in [0.4, 0.5) is 17.2 Å². The first-order chi connectivity index (χ1) is 10.9. The van der Waals surface area contributed by atoms with Gasteiger partial charge in [-0.3, -0.25) is 25.0 Å². The maximum Gasteiger partial charge on any atom is 0.279 e. The Kier molecular flexibility index (Phi) is 4.60. The molecule has 0 aliphatic carbocycles. The van der Waals surface area contributed by atoms with E-state index in [-0.39, 0.29) is 12.0 Å². The number of nitro benzene ring substituents is 2.